The van der Waals surface area contributed by atoms with Crippen LogP contribution in [0.15, 0.2) is 59.5 Å². The van der Waals surface area contributed by atoms with Crippen molar-refractivity contribution in [2.45, 2.75) is 37.3 Å². The molecule has 0 saturated heterocycles. The van der Waals surface area contributed by atoms with Crippen molar-refractivity contribution in [1.82, 2.24) is 4.31 Å². The van der Waals surface area contributed by atoms with Crippen molar-refractivity contribution >= 4 is 15.7 Å². The van der Waals surface area contributed by atoms with Crippen LogP contribution in [0.4, 0.5) is 5.69 Å². The Labute approximate surface area is 161 Å². The maximum Gasteiger partial charge on any atom is 0.243 e. The van der Waals surface area contributed by atoms with Crippen molar-refractivity contribution < 1.29 is 13.5 Å². The highest BCUT2D eigenvalue weighted by atomic mass is 32.2. The molecule has 148 valence electrons. The molecule has 0 aromatic heterocycles. The Hall–Kier alpha value is -1.93. The van der Waals surface area contributed by atoms with Gasteiger partial charge in [0.25, 0.3) is 0 Å². The molecule has 0 saturated carbocycles. The molecule has 6 nitrogen and oxygen atoms in total. The number of anilines is 1. The van der Waals surface area contributed by atoms with E-state index in [1.54, 1.807) is 12.1 Å². The Morgan fingerprint density at radius 2 is 1.70 bits per heavy atom. The van der Waals surface area contributed by atoms with E-state index in [9.17, 15) is 13.5 Å². The van der Waals surface area contributed by atoms with Gasteiger partial charge >= 0.3 is 0 Å². The van der Waals surface area contributed by atoms with E-state index >= 15 is 0 Å². The van der Waals surface area contributed by atoms with E-state index in [0.29, 0.717) is 12.1 Å². The van der Waals surface area contributed by atoms with E-state index in [-0.39, 0.29) is 23.9 Å². The normalized spacial score (nSPS) is 14.4. The van der Waals surface area contributed by atoms with Crippen LogP contribution in [0.2, 0.25) is 0 Å². The lowest BCUT2D eigenvalue weighted by molar-refractivity contribution is 0.116. The standard InChI is InChI=1S/C20H29N3O3S/c1-15(2)13-23(27(25,26)18-10-6-9-17(21)12-18)14-20(24)19(22)11-16-7-4-3-5-8-16/h3-10,12,15,19-20,24H,11,13-14,21-22H2,1-2H3/t19-,20+/m0/s1. The van der Waals surface area contributed by atoms with Crippen molar-refractivity contribution in [2.24, 2.45) is 11.7 Å². The molecule has 27 heavy (non-hydrogen) atoms. The van der Waals surface area contributed by atoms with Crippen LogP contribution in [-0.2, 0) is 16.4 Å². The maximum atomic E-state index is 13.1. The number of hydrogen-bond donors (Lipinski definition) is 3. The molecule has 2 aromatic rings. The average Bonchev–Trinajstić information content (AvgIpc) is 2.61. The molecule has 0 bridgehead atoms. The first-order chi connectivity index (χ1) is 12.7. The topological polar surface area (TPSA) is 110 Å². The first kappa shape index (κ1) is 21.4. The van der Waals surface area contributed by atoms with Gasteiger partial charge in [-0.25, -0.2) is 8.42 Å². The van der Waals surface area contributed by atoms with Crippen LogP contribution >= 0.6 is 0 Å². The highest BCUT2D eigenvalue weighted by Crippen LogP contribution is 2.20. The van der Waals surface area contributed by atoms with Gasteiger partial charge in [0.15, 0.2) is 0 Å². The van der Waals surface area contributed by atoms with Crippen molar-refractivity contribution in [2.75, 3.05) is 18.8 Å². The molecule has 0 aliphatic rings. The first-order valence-electron chi connectivity index (χ1n) is 9.03. The summed E-state index contributed by atoms with van der Waals surface area (Å²) in [5, 5.41) is 10.6. The molecular formula is C20H29N3O3S. The molecular weight excluding hydrogens is 362 g/mol. The van der Waals surface area contributed by atoms with Crippen molar-refractivity contribution in [3.05, 3.63) is 60.2 Å². The molecule has 7 heteroatoms. The Balaban J connectivity index is 2.18. The second-order valence-corrected chi connectivity index (χ2v) is 9.15. The largest absolute Gasteiger partial charge is 0.399 e. The number of benzene rings is 2. The van der Waals surface area contributed by atoms with E-state index in [1.807, 2.05) is 44.2 Å². The fourth-order valence-corrected chi connectivity index (χ4v) is 4.55. The zero-order valence-electron chi connectivity index (χ0n) is 15.8. The number of rotatable bonds is 9. The van der Waals surface area contributed by atoms with Gasteiger partial charge in [-0.1, -0.05) is 50.2 Å². The van der Waals surface area contributed by atoms with Gasteiger partial charge in [-0.15, -0.1) is 0 Å². The molecule has 0 radical (unpaired) electrons. The van der Waals surface area contributed by atoms with Crippen LogP contribution in [-0.4, -0.2) is 43.1 Å². The predicted molar refractivity (Wildman–Crippen MR) is 109 cm³/mol. The van der Waals surface area contributed by atoms with Gasteiger partial charge in [0.2, 0.25) is 10.0 Å². The summed E-state index contributed by atoms with van der Waals surface area (Å²) >= 11 is 0. The van der Waals surface area contributed by atoms with Gasteiger partial charge in [-0.3, -0.25) is 0 Å². The molecule has 0 spiro atoms. The van der Waals surface area contributed by atoms with Gasteiger partial charge in [0.05, 0.1) is 11.0 Å². The Kier molecular flexibility index (Phi) is 7.38. The number of aliphatic hydroxyl groups excluding tert-OH is 1. The molecule has 0 aliphatic carbocycles. The molecule has 0 aliphatic heterocycles. The fourth-order valence-electron chi connectivity index (χ4n) is 2.87. The fraction of sp³-hybridized carbons (Fsp3) is 0.400. The first-order valence-corrected chi connectivity index (χ1v) is 10.5. The van der Waals surface area contributed by atoms with E-state index in [2.05, 4.69) is 0 Å². The third kappa shape index (κ3) is 6.04. The maximum absolute atomic E-state index is 13.1. The van der Waals surface area contributed by atoms with Gasteiger partial charge in [-0.05, 0) is 36.1 Å². The smallest absolute Gasteiger partial charge is 0.243 e. The van der Waals surface area contributed by atoms with Gasteiger partial charge in [-0.2, -0.15) is 4.31 Å². The zero-order valence-corrected chi connectivity index (χ0v) is 16.6. The molecule has 2 atom stereocenters. The third-order valence-electron chi connectivity index (χ3n) is 4.26. The van der Waals surface area contributed by atoms with Crippen molar-refractivity contribution in [1.29, 1.82) is 0 Å². The molecule has 0 unspecified atom stereocenters. The summed E-state index contributed by atoms with van der Waals surface area (Å²) in [5.74, 6) is 0.0957. The molecule has 5 N–H and O–H groups in total. The Morgan fingerprint density at radius 1 is 1.04 bits per heavy atom. The average molecular weight is 392 g/mol. The van der Waals surface area contributed by atoms with Crippen molar-refractivity contribution in [3.63, 3.8) is 0 Å². The Bertz CT molecular complexity index is 825. The summed E-state index contributed by atoms with van der Waals surface area (Å²) in [4.78, 5) is 0.118. The van der Waals surface area contributed by atoms with Gasteiger partial charge in [0.1, 0.15) is 0 Å². The van der Waals surface area contributed by atoms with Crippen LogP contribution in [0.3, 0.4) is 0 Å². The number of aliphatic hydroxyl groups is 1. The van der Waals surface area contributed by atoms with Crippen LogP contribution < -0.4 is 11.5 Å². The third-order valence-corrected chi connectivity index (χ3v) is 6.09. The molecule has 0 amide bonds. The van der Waals surface area contributed by atoms with Crippen LogP contribution in [0.5, 0.6) is 0 Å². The minimum absolute atomic E-state index is 0.0662. The minimum atomic E-state index is -3.78. The molecule has 2 rings (SSSR count). The number of nitrogen functional groups attached to an aromatic ring is 1. The molecule has 0 fully saturated rings. The monoisotopic (exact) mass is 391 g/mol. The van der Waals surface area contributed by atoms with E-state index in [0.717, 1.165) is 5.56 Å². The van der Waals surface area contributed by atoms with Crippen LogP contribution in [0, 0.1) is 5.92 Å². The van der Waals surface area contributed by atoms with E-state index in [1.165, 1.54) is 16.4 Å². The predicted octanol–water partition coefficient (Wildman–Crippen LogP) is 1.85. The lowest BCUT2D eigenvalue weighted by Gasteiger charge is -2.28. The SMILES string of the molecule is CC(C)CN(C[C@@H](O)[C@@H](N)Cc1ccccc1)S(=O)(=O)c1cccc(N)c1. The summed E-state index contributed by atoms with van der Waals surface area (Å²) < 4.78 is 27.4. The van der Waals surface area contributed by atoms with Gasteiger partial charge in [0, 0.05) is 24.8 Å². The second-order valence-electron chi connectivity index (χ2n) is 7.21. The highest BCUT2D eigenvalue weighted by Gasteiger charge is 2.29. The summed E-state index contributed by atoms with van der Waals surface area (Å²) in [6.07, 6.45) is -0.518. The lowest BCUT2D eigenvalue weighted by atomic mass is 10.0. The number of nitrogens with zero attached hydrogens (tertiary/aromatic N) is 1. The van der Waals surface area contributed by atoms with Gasteiger partial charge < -0.3 is 16.6 Å². The summed E-state index contributed by atoms with van der Waals surface area (Å²) in [6, 6.07) is 15.2. The highest BCUT2D eigenvalue weighted by molar-refractivity contribution is 7.89. The summed E-state index contributed by atoms with van der Waals surface area (Å²) in [5.41, 5.74) is 13.3. The quantitative estimate of drug-likeness (QED) is 0.565. The van der Waals surface area contributed by atoms with E-state index < -0.39 is 22.2 Å². The van der Waals surface area contributed by atoms with E-state index in [4.69, 9.17) is 11.5 Å². The van der Waals surface area contributed by atoms with Crippen LogP contribution in [0.25, 0.3) is 0 Å². The minimum Gasteiger partial charge on any atom is -0.399 e. The number of hydrogen-bond acceptors (Lipinski definition) is 5. The number of sulfonamides is 1. The lowest BCUT2D eigenvalue weighted by Crippen LogP contribution is -2.47. The number of nitrogens with two attached hydrogens (primary N) is 2. The summed E-state index contributed by atoms with van der Waals surface area (Å²) in [6.45, 7) is 4.08. The summed E-state index contributed by atoms with van der Waals surface area (Å²) in [7, 11) is -3.78. The Morgan fingerprint density at radius 3 is 2.30 bits per heavy atom. The van der Waals surface area contributed by atoms with Crippen molar-refractivity contribution in [3.8, 4) is 0 Å². The zero-order chi connectivity index (χ0) is 20.0. The second kappa shape index (κ2) is 9.32. The molecule has 0 heterocycles. The van der Waals surface area contributed by atoms with Crippen LogP contribution in [0.1, 0.15) is 19.4 Å². The molecule has 2 aromatic carbocycles.